The van der Waals surface area contributed by atoms with Crippen LogP contribution in [-0.4, -0.2) is 61.6 Å². The molecule has 0 bridgehead atoms. The summed E-state index contributed by atoms with van der Waals surface area (Å²) in [5, 5.41) is 18.3. The second-order valence-corrected chi connectivity index (χ2v) is 20.8. The fourth-order valence-corrected chi connectivity index (χ4v) is 9.74. The molecule has 15 nitrogen and oxygen atoms in total. The smallest absolute Gasteiger partial charge is 0.347 e. The first kappa shape index (κ1) is 55.9. The molecule has 0 spiro atoms. The van der Waals surface area contributed by atoms with Crippen molar-refractivity contribution in [2.45, 2.75) is 14.7 Å². The molecule has 5 rings (SSSR count). The molecule has 0 aliphatic rings. The largest absolute Gasteiger partial charge is 0.505 e. The number of carbonyl (C=O) groups excluding carboxylic acids is 1. The molecule has 0 radical (unpaired) electrons. The minimum Gasteiger partial charge on any atom is -0.505 e. The highest BCUT2D eigenvalue weighted by Gasteiger charge is 2.25. The Hall–Kier alpha value is -3.20. The third kappa shape index (κ3) is 16.3. The average molecular weight is 1210 g/mol. The van der Waals surface area contributed by atoms with E-state index in [1.54, 1.807) is 0 Å². The van der Waals surface area contributed by atoms with Gasteiger partial charge in [-0.2, -0.15) is 0 Å². The molecule has 0 fully saturated rings. The number of hydrogen-bond donors (Lipinski definition) is 4. The van der Waals surface area contributed by atoms with E-state index in [2.05, 4.69) is 3.07 Å². The maximum absolute atomic E-state index is 13.8. The van der Waals surface area contributed by atoms with Gasteiger partial charge in [-0.1, -0.05) is 69.6 Å². The lowest BCUT2D eigenvalue weighted by atomic mass is 10.2. The van der Waals surface area contributed by atoms with E-state index in [0.717, 1.165) is 36.4 Å². The van der Waals surface area contributed by atoms with Crippen LogP contribution in [0, 0.1) is 11.6 Å². The predicted octanol–water partition coefficient (Wildman–Crippen LogP) is 11.1. The zero-order valence-corrected chi connectivity index (χ0v) is 41.4. The minimum absolute atomic E-state index is 0.00827. The number of methoxy groups -OCH3 is 2. The van der Waals surface area contributed by atoms with E-state index in [1.807, 2.05) is 4.72 Å². The number of anilines is 2. The quantitative estimate of drug-likeness (QED) is 0.0610. The van der Waals surface area contributed by atoms with Crippen LogP contribution in [0.15, 0.2) is 87.5 Å². The van der Waals surface area contributed by atoms with Crippen molar-refractivity contribution >= 4 is 165 Å². The number of phenolic OH excluding ortho intramolecular Hbond substituents is 1. The molecule has 0 saturated carbocycles. The van der Waals surface area contributed by atoms with Crippen molar-refractivity contribution < 1.29 is 66.4 Å². The maximum atomic E-state index is 13.8. The van der Waals surface area contributed by atoms with Crippen molar-refractivity contribution in [3.8, 4) is 17.2 Å². The number of rotatable bonds is 9. The second kappa shape index (κ2) is 23.8. The van der Waals surface area contributed by atoms with Crippen LogP contribution in [0.4, 0.5) is 20.2 Å². The van der Waals surface area contributed by atoms with Crippen LogP contribution in [-0.2, 0) is 31.2 Å². The van der Waals surface area contributed by atoms with Gasteiger partial charge in [0.05, 0.1) is 51.8 Å². The third-order valence-electron chi connectivity index (χ3n) is 6.92. The molecular formula is C34H23Cl8F2IN2O13S3. The number of aromatic carboxylic acids is 1. The van der Waals surface area contributed by atoms with Gasteiger partial charge in [0, 0.05) is 36.4 Å². The Kier molecular flexibility index (Phi) is 21.2. The van der Waals surface area contributed by atoms with Crippen LogP contribution >= 0.6 is 114 Å². The SMILES string of the molecule is COc1c(Cl)cc(Cl)cc1S(=O)(=O)Cl.COc1c(Cl)cc(Cl)cc1S(=O)(=O)Nc1cc(C(=O)O)ccc1F.Nc1cc(C(=O)OI)ccc1F.O=S(=O)(Cl)c1cc(Cl)cc(Cl)c1O. The Morgan fingerprint density at radius 3 is 1.52 bits per heavy atom. The summed E-state index contributed by atoms with van der Waals surface area (Å²) in [6.07, 6.45) is 0. The van der Waals surface area contributed by atoms with Crippen LogP contribution in [0.2, 0.25) is 30.1 Å². The second-order valence-electron chi connectivity index (χ2n) is 11.2. The summed E-state index contributed by atoms with van der Waals surface area (Å²) in [4.78, 5) is 20.7. The summed E-state index contributed by atoms with van der Waals surface area (Å²) in [7, 11) is 0.384. The number of nitrogens with one attached hydrogen (secondary N) is 1. The lowest BCUT2D eigenvalue weighted by molar-refractivity contribution is 0.0695. The zero-order valence-electron chi connectivity index (χ0n) is 30.8. The Morgan fingerprint density at radius 2 is 1.08 bits per heavy atom. The summed E-state index contributed by atoms with van der Waals surface area (Å²) in [6, 6.07) is 13.5. The lowest BCUT2D eigenvalue weighted by Crippen LogP contribution is -2.16. The normalized spacial score (nSPS) is 11.0. The molecule has 0 atom stereocenters. The van der Waals surface area contributed by atoms with E-state index in [4.69, 9.17) is 111 Å². The maximum Gasteiger partial charge on any atom is 0.347 e. The van der Waals surface area contributed by atoms with Crippen LogP contribution in [0.1, 0.15) is 20.7 Å². The molecule has 0 unspecified atom stereocenters. The van der Waals surface area contributed by atoms with E-state index < -0.39 is 72.9 Å². The van der Waals surface area contributed by atoms with E-state index in [0.29, 0.717) is 0 Å². The highest BCUT2D eigenvalue weighted by Crippen LogP contribution is 2.38. The molecule has 342 valence electrons. The standard InChI is InChI=1S/C14H10Cl2FNO5S.C7H5Cl3O3S.C7H5FINO2.C6H3Cl3O3S/c1-23-13-9(16)5-8(15)6-12(13)24(21,22)18-11-4-7(14(19)20)2-3-10(11)17;1-13-7-5(9)2-4(8)3-6(7)14(10,11)12;8-5-2-1-4(3-6(5)10)7(11)12-9;7-3-1-4(8)6(10)5(2-3)13(9,11)12/h2-6,18H,1H3,(H,19,20);2-3H,1H3;1-3H,10H2;1-2,10H. The number of ether oxygens (including phenoxy) is 2. The van der Waals surface area contributed by atoms with Gasteiger partial charge in [-0.15, -0.1) is 0 Å². The number of hydrogen-bond acceptors (Lipinski definition) is 13. The summed E-state index contributed by atoms with van der Waals surface area (Å²) in [6.45, 7) is 0. The number of carbonyl (C=O) groups is 2. The fraction of sp³-hybridized carbons (Fsp3) is 0.0588. The van der Waals surface area contributed by atoms with E-state index in [1.165, 1.54) is 73.6 Å². The minimum atomic E-state index is -4.34. The first-order valence-corrected chi connectivity index (χ1v) is 24.8. The van der Waals surface area contributed by atoms with Crippen LogP contribution in [0.25, 0.3) is 0 Å². The fourth-order valence-electron chi connectivity index (χ4n) is 4.23. The molecule has 5 aromatic rings. The Bertz CT molecular complexity index is 2890. The number of phenols is 1. The monoisotopic (exact) mass is 1210 g/mol. The molecule has 0 aliphatic carbocycles. The molecule has 29 heteroatoms. The Balaban J connectivity index is 0.000000303. The van der Waals surface area contributed by atoms with Crippen molar-refractivity contribution in [3.05, 3.63) is 126 Å². The number of sulfonamides is 1. The van der Waals surface area contributed by atoms with Crippen molar-refractivity contribution in [1.82, 2.24) is 0 Å². The van der Waals surface area contributed by atoms with Gasteiger partial charge in [0.2, 0.25) is 0 Å². The zero-order chi connectivity index (χ0) is 48.4. The van der Waals surface area contributed by atoms with E-state index in [9.17, 15) is 48.7 Å². The Morgan fingerprint density at radius 1 is 0.651 bits per heavy atom. The predicted molar refractivity (Wildman–Crippen MR) is 245 cm³/mol. The highest BCUT2D eigenvalue weighted by atomic mass is 127. The third-order valence-corrected chi connectivity index (χ3v) is 12.9. The molecule has 0 aliphatic heterocycles. The van der Waals surface area contributed by atoms with E-state index in [-0.39, 0.29) is 63.3 Å². The van der Waals surface area contributed by atoms with Gasteiger partial charge in [-0.3, -0.25) is 4.72 Å². The average Bonchev–Trinajstić information content (AvgIpc) is 3.17. The molecule has 0 saturated heterocycles. The van der Waals surface area contributed by atoms with Crippen LogP contribution in [0.5, 0.6) is 17.2 Å². The van der Waals surface area contributed by atoms with Crippen molar-refractivity contribution in [3.63, 3.8) is 0 Å². The summed E-state index contributed by atoms with van der Waals surface area (Å²) in [5.41, 5.74) is 4.59. The molecule has 5 N–H and O–H groups in total. The van der Waals surface area contributed by atoms with Crippen LogP contribution in [0.3, 0.4) is 0 Å². The van der Waals surface area contributed by atoms with Crippen molar-refractivity contribution in [2.24, 2.45) is 0 Å². The van der Waals surface area contributed by atoms with Crippen molar-refractivity contribution in [2.75, 3.05) is 24.7 Å². The molecule has 0 heterocycles. The first-order valence-electron chi connectivity index (χ1n) is 15.6. The highest BCUT2D eigenvalue weighted by molar-refractivity contribution is 14.1. The molecule has 0 amide bonds. The molecule has 0 aromatic heterocycles. The Labute approximate surface area is 410 Å². The molecule has 63 heavy (non-hydrogen) atoms. The van der Waals surface area contributed by atoms with Gasteiger partial charge in [-0.05, 0) is 72.8 Å². The molecule has 5 aromatic carbocycles. The van der Waals surface area contributed by atoms with Gasteiger partial charge in [0.1, 0.15) is 26.3 Å². The van der Waals surface area contributed by atoms with Gasteiger partial charge < -0.3 is 28.5 Å². The number of nitrogens with two attached hydrogens (primary N) is 1. The van der Waals surface area contributed by atoms with Crippen LogP contribution < -0.4 is 19.9 Å². The lowest BCUT2D eigenvalue weighted by Gasteiger charge is -2.14. The number of aromatic hydroxyl groups is 1. The van der Waals surface area contributed by atoms with Crippen molar-refractivity contribution in [1.29, 1.82) is 0 Å². The summed E-state index contributed by atoms with van der Waals surface area (Å²) in [5.74, 6) is -4.15. The van der Waals surface area contributed by atoms with Gasteiger partial charge >= 0.3 is 11.9 Å². The number of nitrogen functional groups attached to an aromatic ring is 1. The first-order chi connectivity index (χ1) is 29.0. The number of benzene rings is 5. The van der Waals surface area contributed by atoms with E-state index >= 15 is 0 Å². The van der Waals surface area contributed by atoms with Gasteiger partial charge in [-0.25, -0.2) is 43.6 Å². The van der Waals surface area contributed by atoms with Gasteiger partial charge in [0.15, 0.2) is 40.3 Å². The number of carboxylic acid groups (broad SMARTS) is 1. The van der Waals surface area contributed by atoms with Gasteiger partial charge in [0.25, 0.3) is 28.1 Å². The molecular weight excluding hydrogens is 1190 g/mol. The summed E-state index contributed by atoms with van der Waals surface area (Å²) < 4.78 is 111. The number of halogens is 11. The topological polar surface area (TPSA) is 243 Å². The number of carboxylic acids is 1. The summed E-state index contributed by atoms with van der Waals surface area (Å²) >= 11 is 35.5.